The first kappa shape index (κ1) is 17.6. The maximum absolute atomic E-state index is 12.3. The first-order valence-corrected chi connectivity index (χ1v) is 8.43. The van der Waals surface area contributed by atoms with Gasteiger partial charge in [-0.2, -0.15) is 15.2 Å². The van der Waals surface area contributed by atoms with E-state index < -0.39 is 30.3 Å². The van der Waals surface area contributed by atoms with E-state index in [1.165, 1.54) is 13.4 Å². The molecule has 4 atom stereocenters. The van der Waals surface area contributed by atoms with Crippen molar-refractivity contribution < 1.29 is 19.0 Å². The second kappa shape index (κ2) is 6.12. The number of nitrogens with one attached hydrogen (secondary N) is 2. The fourth-order valence-corrected chi connectivity index (χ4v) is 3.48. The minimum absolute atomic E-state index is 0.00471. The van der Waals surface area contributed by atoms with Crippen LogP contribution in [0.25, 0.3) is 11.2 Å². The van der Waals surface area contributed by atoms with Gasteiger partial charge in [0, 0.05) is 14.1 Å². The number of carbonyl (C=O) groups excluding carboxylic acids is 1. The highest BCUT2D eigenvalue weighted by molar-refractivity contribution is 5.84. The third-order valence-electron chi connectivity index (χ3n) is 4.57. The number of nitrogens with zero attached hydrogens (tertiary/aromatic N) is 5. The van der Waals surface area contributed by atoms with E-state index in [0.29, 0.717) is 17.0 Å². The molecule has 0 unspecified atom stereocenters. The van der Waals surface area contributed by atoms with E-state index in [1.54, 1.807) is 25.5 Å². The van der Waals surface area contributed by atoms with Crippen LogP contribution in [0.2, 0.25) is 0 Å². The fourth-order valence-electron chi connectivity index (χ4n) is 3.48. The van der Waals surface area contributed by atoms with E-state index in [9.17, 15) is 10.1 Å². The number of ether oxygens (including phenoxy) is 3. The van der Waals surface area contributed by atoms with Crippen molar-refractivity contribution >= 4 is 22.9 Å². The highest BCUT2D eigenvalue weighted by atomic mass is 16.8. The minimum atomic E-state index is -0.858. The summed E-state index contributed by atoms with van der Waals surface area (Å²) in [4.78, 5) is 25.0. The predicted molar refractivity (Wildman–Crippen MR) is 91.4 cm³/mol. The van der Waals surface area contributed by atoms with Gasteiger partial charge in [-0.3, -0.25) is 9.36 Å². The molecule has 4 rings (SSSR count). The van der Waals surface area contributed by atoms with Gasteiger partial charge in [0.15, 0.2) is 35.1 Å². The molecule has 0 bridgehead atoms. The standard InChI is InChI=1S/C16H19N7O4/c1-16(2)26-9-10(14(24)19-4)25-15(11(9)27-16)23-6-20-8-12(18-3)21-7(5-17)22-13(8)23/h6,9-11,15H,1-4H3,(H,19,24)(H,18,21,22)/t9-,10+,11-,15-/m1/s1. The average Bonchev–Trinajstić information content (AvgIpc) is 3.30. The summed E-state index contributed by atoms with van der Waals surface area (Å²) in [5.74, 6) is -0.740. The molecule has 1 amide bonds. The lowest BCUT2D eigenvalue weighted by Crippen LogP contribution is -2.41. The monoisotopic (exact) mass is 373 g/mol. The van der Waals surface area contributed by atoms with Gasteiger partial charge in [0.2, 0.25) is 5.82 Å². The number of rotatable bonds is 3. The van der Waals surface area contributed by atoms with Crippen molar-refractivity contribution in [3.8, 4) is 6.07 Å². The van der Waals surface area contributed by atoms with E-state index >= 15 is 0 Å². The molecule has 0 aliphatic carbocycles. The molecule has 2 saturated heterocycles. The molecule has 27 heavy (non-hydrogen) atoms. The largest absolute Gasteiger partial charge is 0.371 e. The number of fused-ring (bicyclic) bond motifs is 2. The Balaban J connectivity index is 1.81. The molecule has 2 aromatic heterocycles. The van der Waals surface area contributed by atoms with Crippen LogP contribution < -0.4 is 10.6 Å². The average molecular weight is 373 g/mol. The third kappa shape index (κ3) is 2.69. The molecule has 0 spiro atoms. The van der Waals surface area contributed by atoms with Crippen molar-refractivity contribution in [1.82, 2.24) is 24.8 Å². The van der Waals surface area contributed by atoms with E-state index in [2.05, 4.69) is 25.6 Å². The molecular weight excluding hydrogens is 354 g/mol. The fraction of sp³-hybridized carbons (Fsp3) is 0.562. The molecule has 11 nitrogen and oxygen atoms in total. The summed E-state index contributed by atoms with van der Waals surface area (Å²) in [6.45, 7) is 3.56. The van der Waals surface area contributed by atoms with Crippen molar-refractivity contribution in [2.45, 2.75) is 44.2 Å². The zero-order valence-corrected chi connectivity index (χ0v) is 15.3. The number of amides is 1. The zero-order valence-electron chi connectivity index (χ0n) is 15.3. The summed E-state index contributed by atoms with van der Waals surface area (Å²) < 4.78 is 19.5. The van der Waals surface area contributed by atoms with E-state index in [1.807, 2.05) is 6.07 Å². The molecule has 2 aromatic rings. The quantitative estimate of drug-likeness (QED) is 0.756. The van der Waals surface area contributed by atoms with Crippen LogP contribution in [0.4, 0.5) is 5.82 Å². The van der Waals surface area contributed by atoms with Gasteiger partial charge in [0.25, 0.3) is 5.91 Å². The molecule has 0 saturated carbocycles. The van der Waals surface area contributed by atoms with Crippen LogP contribution in [0.15, 0.2) is 6.33 Å². The molecule has 2 fully saturated rings. The van der Waals surface area contributed by atoms with Crippen LogP contribution in [0.3, 0.4) is 0 Å². The van der Waals surface area contributed by atoms with Crippen LogP contribution in [0, 0.1) is 11.3 Å². The Morgan fingerprint density at radius 2 is 2.04 bits per heavy atom. The normalized spacial score (nSPS) is 28.7. The van der Waals surface area contributed by atoms with Crippen molar-refractivity contribution in [3.63, 3.8) is 0 Å². The van der Waals surface area contributed by atoms with E-state index in [4.69, 9.17) is 14.2 Å². The van der Waals surface area contributed by atoms with Crippen molar-refractivity contribution in [2.24, 2.45) is 0 Å². The Hall–Kier alpha value is -2.81. The van der Waals surface area contributed by atoms with Crippen LogP contribution in [-0.4, -0.2) is 63.6 Å². The van der Waals surface area contributed by atoms with Crippen molar-refractivity contribution in [1.29, 1.82) is 5.26 Å². The summed E-state index contributed by atoms with van der Waals surface area (Å²) in [7, 11) is 3.22. The van der Waals surface area contributed by atoms with Crippen molar-refractivity contribution in [2.75, 3.05) is 19.4 Å². The topological polar surface area (TPSA) is 136 Å². The van der Waals surface area contributed by atoms with Gasteiger partial charge >= 0.3 is 0 Å². The maximum Gasteiger partial charge on any atom is 0.251 e. The number of carbonyl (C=O) groups is 1. The van der Waals surface area contributed by atoms with E-state index in [-0.39, 0.29) is 11.7 Å². The summed E-state index contributed by atoms with van der Waals surface area (Å²) >= 11 is 0. The highest BCUT2D eigenvalue weighted by Gasteiger charge is 2.58. The molecule has 11 heteroatoms. The van der Waals surface area contributed by atoms with Crippen LogP contribution in [0.1, 0.15) is 25.9 Å². The molecular formula is C16H19N7O4. The number of aromatic nitrogens is 4. The van der Waals surface area contributed by atoms with Gasteiger partial charge in [0.1, 0.15) is 18.3 Å². The lowest BCUT2D eigenvalue weighted by molar-refractivity contribution is -0.197. The van der Waals surface area contributed by atoms with Crippen molar-refractivity contribution in [3.05, 3.63) is 12.2 Å². The van der Waals surface area contributed by atoms with Crippen LogP contribution in [0.5, 0.6) is 0 Å². The Morgan fingerprint density at radius 3 is 2.70 bits per heavy atom. The molecule has 2 aliphatic heterocycles. The van der Waals surface area contributed by atoms with Gasteiger partial charge in [-0.25, -0.2) is 4.98 Å². The predicted octanol–water partition coefficient (Wildman–Crippen LogP) is -0.0968. The number of nitriles is 1. The first-order valence-electron chi connectivity index (χ1n) is 8.43. The van der Waals surface area contributed by atoms with Crippen LogP contribution in [-0.2, 0) is 19.0 Å². The Morgan fingerprint density at radius 1 is 1.30 bits per heavy atom. The second-order valence-corrected chi connectivity index (χ2v) is 6.71. The SMILES string of the molecule is CNC(=O)[C@H]1O[C@@H](n2cnc3c(NC)nc(C#N)nc32)[C@@H]2OC(C)(C)O[C@@H]21. The Labute approximate surface area is 154 Å². The van der Waals surface area contributed by atoms with Gasteiger partial charge < -0.3 is 24.8 Å². The van der Waals surface area contributed by atoms with Gasteiger partial charge in [-0.15, -0.1) is 0 Å². The van der Waals surface area contributed by atoms with Gasteiger partial charge in [-0.05, 0) is 13.8 Å². The van der Waals surface area contributed by atoms with Gasteiger partial charge in [-0.1, -0.05) is 0 Å². The highest BCUT2D eigenvalue weighted by Crippen LogP contribution is 2.43. The lowest BCUT2D eigenvalue weighted by Gasteiger charge is -2.24. The summed E-state index contributed by atoms with van der Waals surface area (Å²) in [5.41, 5.74) is 0.888. The number of hydrogen-bond acceptors (Lipinski definition) is 9. The summed E-state index contributed by atoms with van der Waals surface area (Å²) in [5, 5.41) is 14.7. The Bertz CT molecular complexity index is 950. The summed E-state index contributed by atoms with van der Waals surface area (Å²) in [6, 6.07) is 1.93. The van der Waals surface area contributed by atoms with Gasteiger partial charge in [0.05, 0.1) is 6.33 Å². The number of imidazole rings is 1. The third-order valence-corrected chi connectivity index (χ3v) is 4.57. The van der Waals surface area contributed by atoms with Crippen LogP contribution >= 0.6 is 0 Å². The smallest absolute Gasteiger partial charge is 0.251 e. The molecule has 142 valence electrons. The number of likely N-dealkylation sites (N-methyl/N-ethyl adjacent to an activating group) is 1. The number of anilines is 1. The lowest BCUT2D eigenvalue weighted by atomic mass is 10.1. The first-order chi connectivity index (χ1) is 12.9. The molecule has 0 radical (unpaired) electrons. The molecule has 0 aromatic carbocycles. The second-order valence-electron chi connectivity index (χ2n) is 6.71. The summed E-state index contributed by atoms with van der Waals surface area (Å²) in [6.07, 6.45) is -1.13. The number of hydrogen-bond donors (Lipinski definition) is 2. The maximum atomic E-state index is 12.3. The molecule has 4 heterocycles. The molecule has 2 aliphatic rings. The minimum Gasteiger partial charge on any atom is -0.371 e. The zero-order chi connectivity index (χ0) is 19.3. The molecule has 2 N–H and O–H groups in total. The Kier molecular flexibility index (Phi) is 3.99. The van der Waals surface area contributed by atoms with E-state index in [0.717, 1.165) is 0 Å².